The van der Waals surface area contributed by atoms with Gasteiger partial charge in [-0.2, -0.15) is 4.98 Å². The Morgan fingerprint density at radius 2 is 2.29 bits per heavy atom. The third-order valence-electron chi connectivity index (χ3n) is 2.61. The molecule has 0 unspecified atom stereocenters. The molecular formula is C12H8ClN5O3. The number of carbonyl (C=O) groups is 1. The molecule has 0 aliphatic rings. The number of halogens is 1. The number of hydrogen-bond acceptors (Lipinski definition) is 6. The van der Waals surface area contributed by atoms with E-state index < -0.39 is 5.97 Å². The van der Waals surface area contributed by atoms with Crippen molar-refractivity contribution >= 4 is 17.6 Å². The number of benzene rings is 1. The first kappa shape index (κ1) is 13.3. The van der Waals surface area contributed by atoms with E-state index in [1.165, 1.54) is 10.9 Å². The minimum Gasteiger partial charge on any atom is -0.476 e. The average molecular weight is 306 g/mol. The van der Waals surface area contributed by atoms with Crippen LogP contribution >= 0.6 is 11.6 Å². The Balaban J connectivity index is 1.80. The van der Waals surface area contributed by atoms with Crippen LogP contribution in [0.3, 0.4) is 0 Å². The number of nitrogens with zero attached hydrogens (tertiary/aromatic N) is 5. The topological polar surface area (TPSA) is 107 Å². The van der Waals surface area contributed by atoms with Crippen molar-refractivity contribution in [2.24, 2.45) is 0 Å². The van der Waals surface area contributed by atoms with Gasteiger partial charge in [-0.25, -0.2) is 9.48 Å². The van der Waals surface area contributed by atoms with Crippen LogP contribution in [0.2, 0.25) is 5.02 Å². The lowest BCUT2D eigenvalue weighted by atomic mass is 10.2. The fourth-order valence-corrected chi connectivity index (χ4v) is 1.87. The lowest BCUT2D eigenvalue weighted by molar-refractivity contribution is 0.0690. The van der Waals surface area contributed by atoms with Gasteiger partial charge in [0.05, 0.1) is 6.20 Å². The summed E-state index contributed by atoms with van der Waals surface area (Å²) in [6.45, 7) is 0.133. The quantitative estimate of drug-likeness (QED) is 0.782. The molecule has 0 amide bonds. The van der Waals surface area contributed by atoms with Gasteiger partial charge in [-0.15, -0.1) is 5.10 Å². The van der Waals surface area contributed by atoms with E-state index in [1.807, 2.05) is 0 Å². The number of carboxylic acid groups (broad SMARTS) is 1. The summed E-state index contributed by atoms with van der Waals surface area (Å²) in [6, 6.07) is 7.05. The lowest BCUT2D eigenvalue weighted by Gasteiger charge is -1.94. The summed E-state index contributed by atoms with van der Waals surface area (Å²) in [5.41, 5.74) is 0.576. The Bertz CT molecular complexity index is 798. The molecule has 1 aromatic carbocycles. The van der Waals surface area contributed by atoms with Gasteiger partial charge >= 0.3 is 5.97 Å². The van der Waals surface area contributed by atoms with Gasteiger partial charge in [0.25, 0.3) is 0 Å². The first-order valence-corrected chi connectivity index (χ1v) is 6.21. The van der Waals surface area contributed by atoms with Crippen molar-refractivity contribution in [2.75, 3.05) is 0 Å². The summed E-state index contributed by atoms with van der Waals surface area (Å²) in [5, 5.41) is 20.3. The van der Waals surface area contributed by atoms with Crippen LogP contribution in [0.5, 0.6) is 0 Å². The summed E-state index contributed by atoms with van der Waals surface area (Å²) in [7, 11) is 0. The molecule has 3 aromatic rings. The van der Waals surface area contributed by atoms with Gasteiger partial charge in [0.1, 0.15) is 6.54 Å². The second kappa shape index (κ2) is 5.33. The van der Waals surface area contributed by atoms with E-state index in [2.05, 4.69) is 20.5 Å². The molecule has 0 fully saturated rings. The van der Waals surface area contributed by atoms with Crippen molar-refractivity contribution in [1.82, 2.24) is 25.1 Å². The molecule has 0 saturated heterocycles. The highest BCUT2D eigenvalue weighted by Crippen LogP contribution is 2.20. The predicted molar refractivity (Wildman–Crippen MR) is 70.8 cm³/mol. The van der Waals surface area contributed by atoms with Gasteiger partial charge in [0.15, 0.2) is 5.69 Å². The van der Waals surface area contributed by atoms with Crippen LogP contribution in [-0.4, -0.2) is 36.2 Å². The summed E-state index contributed by atoms with van der Waals surface area (Å²) >= 11 is 5.90. The first-order chi connectivity index (χ1) is 10.1. The Morgan fingerprint density at radius 1 is 1.43 bits per heavy atom. The van der Waals surface area contributed by atoms with Crippen LogP contribution in [0.15, 0.2) is 35.0 Å². The van der Waals surface area contributed by atoms with Gasteiger partial charge in [-0.05, 0) is 12.1 Å². The third kappa shape index (κ3) is 2.90. The number of aromatic carboxylic acids is 1. The monoisotopic (exact) mass is 305 g/mol. The zero-order valence-electron chi connectivity index (χ0n) is 10.5. The summed E-state index contributed by atoms with van der Waals surface area (Å²) in [4.78, 5) is 14.9. The maximum Gasteiger partial charge on any atom is 0.358 e. The summed E-state index contributed by atoms with van der Waals surface area (Å²) in [6.07, 6.45) is 1.28. The Morgan fingerprint density at radius 3 is 3.00 bits per heavy atom. The normalized spacial score (nSPS) is 10.7. The van der Waals surface area contributed by atoms with Crippen molar-refractivity contribution in [3.8, 4) is 11.4 Å². The highest BCUT2D eigenvalue weighted by molar-refractivity contribution is 6.30. The number of aromatic nitrogens is 5. The van der Waals surface area contributed by atoms with Crippen molar-refractivity contribution in [3.05, 3.63) is 47.1 Å². The molecule has 0 spiro atoms. The molecule has 106 valence electrons. The van der Waals surface area contributed by atoms with E-state index in [1.54, 1.807) is 24.3 Å². The fourth-order valence-electron chi connectivity index (χ4n) is 1.68. The van der Waals surface area contributed by atoms with E-state index in [0.29, 0.717) is 10.8 Å². The third-order valence-corrected chi connectivity index (χ3v) is 2.84. The van der Waals surface area contributed by atoms with E-state index in [4.69, 9.17) is 21.2 Å². The predicted octanol–water partition coefficient (Wildman–Crippen LogP) is 1.73. The van der Waals surface area contributed by atoms with Gasteiger partial charge in [0.2, 0.25) is 11.7 Å². The SMILES string of the molecule is O=C(O)c1cn(Cc2nc(-c3cccc(Cl)c3)no2)nn1. The largest absolute Gasteiger partial charge is 0.476 e. The zero-order chi connectivity index (χ0) is 14.8. The number of rotatable bonds is 4. The summed E-state index contributed by atoms with van der Waals surface area (Å²) in [5.74, 6) is -0.468. The lowest BCUT2D eigenvalue weighted by Crippen LogP contribution is -2.01. The van der Waals surface area contributed by atoms with Gasteiger partial charge in [-0.1, -0.05) is 34.1 Å². The maximum atomic E-state index is 10.7. The number of carboxylic acids is 1. The molecule has 0 aliphatic heterocycles. The highest BCUT2D eigenvalue weighted by atomic mass is 35.5. The minimum absolute atomic E-state index is 0.133. The molecular weight excluding hydrogens is 298 g/mol. The second-order valence-corrected chi connectivity index (χ2v) is 4.57. The molecule has 0 bridgehead atoms. The maximum absolute atomic E-state index is 10.7. The molecule has 0 aliphatic carbocycles. The molecule has 8 nitrogen and oxygen atoms in total. The van der Waals surface area contributed by atoms with E-state index in [-0.39, 0.29) is 18.1 Å². The number of hydrogen-bond donors (Lipinski definition) is 1. The van der Waals surface area contributed by atoms with Gasteiger partial charge < -0.3 is 9.63 Å². The van der Waals surface area contributed by atoms with Crippen molar-refractivity contribution in [1.29, 1.82) is 0 Å². The zero-order valence-corrected chi connectivity index (χ0v) is 11.2. The second-order valence-electron chi connectivity index (χ2n) is 4.13. The van der Waals surface area contributed by atoms with Gasteiger partial charge in [0, 0.05) is 10.6 Å². The van der Waals surface area contributed by atoms with Crippen molar-refractivity contribution in [2.45, 2.75) is 6.54 Å². The van der Waals surface area contributed by atoms with Crippen molar-refractivity contribution in [3.63, 3.8) is 0 Å². The molecule has 0 radical (unpaired) electrons. The fraction of sp³-hybridized carbons (Fsp3) is 0.0833. The molecule has 3 rings (SSSR count). The Hall–Kier alpha value is -2.74. The van der Waals surface area contributed by atoms with E-state index >= 15 is 0 Å². The minimum atomic E-state index is -1.15. The van der Waals surface area contributed by atoms with E-state index in [9.17, 15) is 4.79 Å². The van der Waals surface area contributed by atoms with Crippen LogP contribution in [0.25, 0.3) is 11.4 Å². The van der Waals surface area contributed by atoms with Crippen LogP contribution in [0, 0.1) is 0 Å². The Labute approximate surface area is 123 Å². The van der Waals surface area contributed by atoms with Crippen LogP contribution in [0.4, 0.5) is 0 Å². The Kier molecular flexibility index (Phi) is 3.36. The molecule has 0 saturated carbocycles. The van der Waals surface area contributed by atoms with Crippen LogP contribution < -0.4 is 0 Å². The van der Waals surface area contributed by atoms with Crippen molar-refractivity contribution < 1.29 is 14.4 Å². The smallest absolute Gasteiger partial charge is 0.358 e. The van der Waals surface area contributed by atoms with Crippen LogP contribution in [0.1, 0.15) is 16.4 Å². The molecule has 0 atom stereocenters. The van der Waals surface area contributed by atoms with E-state index in [0.717, 1.165) is 5.56 Å². The van der Waals surface area contributed by atoms with Crippen LogP contribution in [-0.2, 0) is 6.54 Å². The summed E-state index contributed by atoms with van der Waals surface area (Å²) < 4.78 is 6.40. The molecule has 9 heteroatoms. The molecule has 21 heavy (non-hydrogen) atoms. The molecule has 2 aromatic heterocycles. The molecule has 2 heterocycles. The molecule has 1 N–H and O–H groups in total. The average Bonchev–Trinajstić information content (AvgIpc) is 3.08. The standard InChI is InChI=1S/C12H8ClN5O3/c13-8-3-1-2-7(4-8)11-14-10(21-16-11)6-18-5-9(12(19)20)15-17-18/h1-5H,6H2,(H,19,20). The first-order valence-electron chi connectivity index (χ1n) is 5.84. The van der Waals surface area contributed by atoms with Gasteiger partial charge in [-0.3, -0.25) is 0 Å². The highest BCUT2D eigenvalue weighted by Gasteiger charge is 2.12.